The van der Waals surface area contributed by atoms with Gasteiger partial charge in [-0.1, -0.05) is 30.3 Å². The lowest BCUT2D eigenvalue weighted by Gasteiger charge is -2.26. The van der Waals surface area contributed by atoms with Crippen molar-refractivity contribution in [1.29, 1.82) is 0 Å². The molecule has 0 saturated heterocycles. The average Bonchev–Trinajstić information content (AvgIpc) is 2.74. The van der Waals surface area contributed by atoms with Gasteiger partial charge in [-0.25, -0.2) is 9.98 Å². The zero-order valence-electron chi connectivity index (χ0n) is 9.57. The Kier molecular flexibility index (Phi) is 2.76. The third-order valence-electron chi connectivity index (χ3n) is 2.97. The van der Waals surface area contributed by atoms with Crippen LogP contribution in [0, 0.1) is 0 Å². The van der Waals surface area contributed by atoms with Crippen molar-refractivity contribution in [2.75, 3.05) is 0 Å². The molecule has 0 aliphatic carbocycles. The zero-order chi connectivity index (χ0) is 12.5. The van der Waals surface area contributed by atoms with Gasteiger partial charge < -0.3 is 10.6 Å². The van der Waals surface area contributed by atoms with Gasteiger partial charge in [0.2, 0.25) is 5.29 Å². The van der Waals surface area contributed by atoms with Crippen LogP contribution in [0.1, 0.15) is 5.56 Å². The molecule has 92 valence electrons. The number of nitrogens with two attached hydrogens (primary N) is 1. The van der Waals surface area contributed by atoms with Gasteiger partial charge in [-0.05, 0) is 17.2 Å². The maximum absolute atomic E-state index is 5.85. The Hall–Kier alpha value is -1.88. The molecule has 1 aromatic carbocycles. The van der Waals surface area contributed by atoms with Gasteiger partial charge in [0.25, 0.3) is 0 Å². The highest BCUT2D eigenvalue weighted by molar-refractivity contribution is 6.65. The van der Waals surface area contributed by atoms with Crippen molar-refractivity contribution in [3.63, 3.8) is 0 Å². The minimum absolute atomic E-state index is 0.171. The molecule has 0 saturated carbocycles. The first-order chi connectivity index (χ1) is 8.74. The van der Waals surface area contributed by atoms with Crippen LogP contribution >= 0.6 is 11.6 Å². The lowest BCUT2D eigenvalue weighted by Crippen LogP contribution is -2.44. The highest BCUT2D eigenvalue weighted by Gasteiger charge is 2.35. The van der Waals surface area contributed by atoms with E-state index in [4.69, 9.17) is 17.3 Å². The molecule has 3 rings (SSSR count). The Morgan fingerprint density at radius 3 is 2.83 bits per heavy atom. The molecule has 2 heterocycles. The zero-order valence-corrected chi connectivity index (χ0v) is 10.3. The average molecular weight is 262 g/mol. The molecule has 2 N–H and O–H groups in total. The number of hydrogen-bond donors (Lipinski definition) is 1. The minimum atomic E-state index is -0.212. The molecular formula is C12H12ClN5. The van der Waals surface area contributed by atoms with Crippen molar-refractivity contribution < 1.29 is 0 Å². The van der Waals surface area contributed by atoms with Gasteiger partial charge in [-0.15, -0.1) is 0 Å². The number of aliphatic imine (C=N–C) groups is 3. The Balaban J connectivity index is 1.81. The molecule has 0 fully saturated rings. The fraction of sp³-hybridized carbons (Fsp3) is 0.250. The van der Waals surface area contributed by atoms with E-state index in [-0.39, 0.29) is 17.5 Å². The number of amidine groups is 2. The summed E-state index contributed by atoms with van der Waals surface area (Å²) in [4.78, 5) is 14.6. The first-order valence-electron chi connectivity index (χ1n) is 5.64. The van der Waals surface area contributed by atoms with Crippen LogP contribution in [-0.2, 0) is 6.54 Å². The van der Waals surface area contributed by atoms with E-state index in [1.54, 1.807) is 6.34 Å². The summed E-state index contributed by atoms with van der Waals surface area (Å²) in [5.41, 5.74) is 7.00. The first-order valence-corrected chi connectivity index (χ1v) is 6.02. The molecule has 0 amide bonds. The molecule has 2 aliphatic rings. The Labute approximate surface area is 110 Å². The summed E-state index contributed by atoms with van der Waals surface area (Å²) in [7, 11) is 0. The van der Waals surface area contributed by atoms with E-state index in [1.165, 1.54) is 5.56 Å². The van der Waals surface area contributed by atoms with Crippen LogP contribution in [-0.4, -0.2) is 34.6 Å². The monoisotopic (exact) mass is 261 g/mol. The van der Waals surface area contributed by atoms with Crippen LogP contribution in [0.3, 0.4) is 0 Å². The quantitative estimate of drug-likeness (QED) is 0.813. The standard InChI is InChI=1S/C12H12ClN5/c13-12-16-10(14)9-11(17-12)18(7-15-9)6-8-4-2-1-3-5-8/h1-5,7,9,11H,6H2,(H2,14,16,17)/t9-,11-/m0/s1. The number of halogens is 1. The van der Waals surface area contributed by atoms with E-state index in [9.17, 15) is 0 Å². The summed E-state index contributed by atoms with van der Waals surface area (Å²) < 4.78 is 0. The van der Waals surface area contributed by atoms with Crippen LogP contribution in [0.4, 0.5) is 0 Å². The molecule has 0 radical (unpaired) electrons. The number of nitrogens with zero attached hydrogens (tertiary/aromatic N) is 4. The predicted octanol–water partition coefficient (Wildman–Crippen LogP) is 1.19. The maximum Gasteiger partial charge on any atom is 0.221 e. The number of benzene rings is 1. The fourth-order valence-electron chi connectivity index (χ4n) is 2.10. The van der Waals surface area contributed by atoms with Crippen LogP contribution in [0.5, 0.6) is 0 Å². The van der Waals surface area contributed by atoms with Crippen LogP contribution < -0.4 is 5.73 Å². The summed E-state index contributed by atoms with van der Waals surface area (Å²) in [6, 6.07) is 9.92. The molecule has 18 heavy (non-hydrogen) atoms. The van der Waals surface area contributed by atoms with Gasteiger partial charge >= 0.3 is 0 Å². The highest BCUT2D eigenvalue weighted by Crippen LogP contribution is 2.22. The second-order valence-corrected chi connectivity index (χ2v) is 4.55. The minimum Gasteiger partial charge on any atom is -0.385 e. The van der Waals surface area contributed by atoms with Gasteiger partial charge in [0, 0.05) is 6.54 Å². The van der Waals surface area contributed by atoms with E-state index < -0.39 is 0 Å². The SMILES string of the molecule is NC1=NC(Cl)=N[C@@H]2[C@H]1N=CN2Cc1ccccc1. The Morgan fingerprint density at radius 2 is 2.06 bits per heavy atom. The Bertz CT molecular complexity index is 537. The third-order valence-corrected chi connectivity index (χ3v) is 3.15. The van der Waals surface area contributed by atoms with Crippen molar-refractivity contribution in [3.8, 4) is 0 Å². The number of fused-ring (bicyclic) bond motifs is 1. The molecular weight excluding hydrogens is 250 g/mol. The lowest BCUT2D eigenvalue weighted by atomic mass is 10.1. The van der Waals surface area contributed by atoms with Crippen molar-refractivity contribution in [1.82, 2.24) is 4.90 Å². The largest absolute Gasteiger partial charge is 0.385 e. The van der Waals surface area contributed by atoms with Gasteiger partial charge in [0.05, 0.1) is 6.34 Å². The molecule has 2 atom stereocenters. The normalized spacial score (nSPS) is 25.7. The molecule has 0 bridgehead atoms. The van der Waals surface area contributed by atoms with Crippen molar-refractivity contribution in [2.24, 2.45) is 20.7 Å². The van der Waals surface area contributed by atoms with E-state index in [1.807, 2.05) is 23.1 Å². The van der Waals surface area contributed by atoms with E-state index in [0.717, 1.165) is 6.54 Å². The molecule has 5 nitrogen and oxygen atoms in total. The number of hydrogen-bond acceptors (Lipinski definition) is 5. The summed E-state index contributed by atoms with van der Waals surface area (Å²) in [6.07, 6.45) is 1.60. The van der Waals surface area contributed by atoms with Crippen molar-refractivity contribution in [2.45, 2.75) is 18.8 Å². The maximum atomic E-state index is 5.85. The van der Waals surface area contributed by atoms with Crippen molar-refractivity contribution >= 4 is 29.1 Å². The molecule has 0 aromatic heterocycles. The Morgan fingerprint density at radius 1 is 1.28 bits per heavy atom. The fourth-order valence-corrected chi connectivity index (χ4v) is 2.29. The number of rotatable bonds is 2. The second-order valence-electron chi connectivity index (χ2n) is 4.22. The smallest absolute Gasteiger partial charge is 0.221 e. The van der Waals surface area contributed by atoms with Gasteiger partial charge in [-0.3, -0.25) is 4.99 Å². The summed E-state index contributed by atoms with van der Waals surface area (Å²) >= 11 is 5.85. The summed E-state index contributed by atoms with van der Waals surface area (Å²) in [5, 5.41) is 0.192. The van der Waals surface area contributed by atoms with Crippen LogP contribution in [0.25, 0.3) is 0 Å². The molecule has 1 aromatic rings. The van der Waals surface area contributed by atoms with Crippen molar-refractivity contribution in [3.05, 3.63) is 35.9 Å². The van der Waals surface area contributed by atoms with Gasteiger partial charge in [0.15, 0.2) is 6.17 Å². The second kappa shape index (κ2) is 4.42. The van der Waals surface area contributed by atoms with E-state index >= 15 is 0 Å². The molecule has 0 spiro atoms. The highest BCUT2D eigenvalue weighted by atomic mass is 35.5. The topological polar surface area (TPSA) is 66.3 Å². The summed E-state index contributed by atoms with van der Waals surface area (Å²) in [5.74, 6) is 0.423. The van der Waals surface area contributed by atoms with Gasteiger partial charge in [-0.2, -0.15) is 0 Å². The molecule has 2 aliphatic heterocycles. The van der Waals surface area contributed by atoms with Gasteiger partial charge in [0.1, 0.15) is 11.9 Å². The first kappa shape index (κ1) is 11.2. The lowest BCUT2D eigenvalue weighted by molar-refractivity contribution is 0.335. The van der Waals surface area contributed by atoms with Crippen LogP contribution in [0.2, 0.25) is 0 Å². The predicted molar refractivity (Wildman–Crippen MR) is 73.0 cm³/mol. The molecule has 0 unspecified atom stereocenters. The van der Waals surface area contributed by atoms with Crippen LogP contribution in [0.15, 0.2) is 45.3 Å². The summed E-state index contributed by atoms with van der Waals surface area (Å²) in [6.45, 7) is 0.729. The molecule has 6 heteroatoms. The van der Waals surface area contributed by atoms with E-state index in [2.05, 4.69) is 27.1 Å². The van der Waals surface area contributed by atoms with E-state index in [0.29, 0.717) is 5.84 Å². The third kappa shape index (κ3) is 1.97.